The molecule has 0 amide bonds. The lowest BCUT2D eigenvalue weighted by Gasteiger charge is -2.10. The van der Waals surface area contributed by atoms with E-state index in [1.54, 1.807) is 0 Å². The van der Waals surface area contributed by atoms with Crippen molar-refractivity contribution in [2.45, 2.75) is 13.8 Å². The van der Waals surface area contributed by atoms with Gasteiger partial charge in [-0.3, -0.25) is 5.10 Å². The van der Waals surface area contributed by atoms with Crippen LogP contribution in [0.25, 0.3) is 55.0 Å². The molecule has 0 saturated heterocycles. The summed E-state index contributed by atoms with van der Waals surface area (Å²) >= 11 is 0. The van der Waals surface area contributed by atoms with Gasteiger partial charge >= 0.3 is 0 Å². The zero-order valence-corrected chi connectivity index (χ0v) is 16.0. The summed E-state index contributed by atoms with van der Waals surface area (Å²) in [7, 11) is 0. The molecular weight excluding hydrogens is 360 g/mol. The number of benzene rings is 3. The number of nitrogens with one attached hydrogen (secondary N) is 3. The van der Waals surface area contributed by atoms with E-state index >= 15 is 0 Å². The largest absolute Gasteiger partial charge is 0.342 e. The number of aromatic amines is 3. The highest BCUT2D eigenvalue weighted by atomic mass is 15.1. The molecule has 0 unspecified atom stereocenters. The van der Waals surface area contributed by atoms with E-state index in [-0.39, 0.29) is 0 Å². The van der Waals surface area contributed by atoms with Gasteiger partial charge in [-0.2, -0.15) is 5.10 Å². The monoisotopic (exact) mass is 378 g/mol. The maximum atomic E-state index is 4.35. The van der Waals surface area contributed by atoms with Crippen LogP contribution >= 0.6 is 0 Å². The molecule has 0 atom stereocenters. The topological polar surface area (TPSA) is 86.0 Å². The van der Waals surface area contributed by atoms with E-state index < -0.39 is 0 Å². The van der Waals surface area contributed by atoms with Crippen molar-refractivity contribution in [3.8, 4) is 22.5 Å². The Kier molecular flexibility index (Phi) is 3.20. The van der Waals surface area contributed by atoms with E-state index in [4.69, 9.17) is 0 Å². The molecule has 0 aliphatic heterocycles. The van der Waals surface area contributed by atoms with Gasteiger partial charge in [0.1, 0.15) is 11.6 Å². The molecule has 6 nitrogen and oxygen atoms in total. The van der Waals surface area contributed by atoms with Gasteiger partial charge in [0.05, 0.1) is 35.5 Å². The van der Waals surface area contributed by atoms with Crippen LogP contribution in [0.3, 0.4) is 0 Å². The minimum Gasteiger partial charge on any atom is -0.342 e. The van der Waals surface area contributed by atoms with Crippen molar-refractivity contribution in [1.82, 2.24) is 30.1 Å². The van der Waals surface area contributed by atoms with E-state index in [9.17, 15) is 0 Å². The van der Waals surface area contributed by atoms with E-state index in [0.717, 1.165) is 50.5 Å². The van der Waals surface area contributed by atoms with Crippen molar-refractivity contribution in [2.24, 2.45) is 0 Å². The fraction of sp³-hybridized carbons (Fsp3) is 0.0870. The van der Waals surface area contributed by atoms with Crippen molar-refractivity contribution in [1.29, 1.82) is 0 Å². The molecule has 6 aromatic rings. The number of rotatable bonds is 2. The quantitative estimate of drug-likeness (QED) is 0.359. The van der Waals surface area contributed by atoms with E-state index in [1.807, 2.05) is 32.4 Å². The Balaban J connectivity index is 1.66. The SMILES string of the molecule is Cc1ncc(-c2ccc3c(c2)c2cn[nH]c2c2cc(-c4cnc(C)[nH]4)ccc32)[nH]1. The number of nitrogens with zero attached hydrogens (tertiary/aromatic N) is 3. The van der Waals surface area contributed by atoms with Crippen molar-refractivity contribution in [3.05, 3.63) is 66.6 Å². The van der Waals surface area contributed by atoms with Gasteiger partial charge in [-0.25, -0.2) is 9.97 Å². The lowest BCUT2D eigenvalue weighted by Crippen LogP contribution is -1.86. The molecule has 140 valence electrons. The number of hydrogen-bond donors (Lipinski definition) is 3. The third-order valence-electron chi connectivity index (χ3n) is 5.56. The number of imidazole rings is 2. The second-order valence-electron chi connectivity index (χ2n) is 7.44. The summed E-state index contributed by atoms with van der Waals surface area (Å²) in [6, 6.07) is 13.1. The normalized spacial score (nSPS) is 11.8. The highest BCUT2D eigenvalue weighted by Gasteiger charge is 2.13. The zero-order valence-electron chi connectivity index (χ0n) is 16.0. The zero-order chi connectivity index (χ0) is 19.5. The molecule has 0 saturated carbocycles. The molecule has 0 radical (unpaired) electrons. The van der Waals surface area contributed by atoms with Crippen molar-refractivity contribution < 1.29 is 0 Å². The molecule has 3 aromatic carbocycles. The van der Waals surface area contributed by atoms with Crippen molar-refractivity contribution in [2.75, 3.05) is 0 Å². The first-order valence-corrected chi connectivity index (χ1v) is 9.54. The lowest BCUT2D eigenvalue weighted by molar-refractivity contribution is 1.12. The smallest absolute Gasteiger partial charge is 0.103 e. The van der Waals surface area contributed by atoms with Crippen LogP contribution < -0.4 is 0 Å². The van der Waals surface area contributed by atoms with Gasteiger partial charge in [0, 0.05) is 21.9 Å². The molecule has 3 aromatic heterocycles. The first-order valence-electron chi connectivity index (χ1n) is 9.54. The minimum absolute atomic E-state index is 0.909. The average Bonchev–Trinajstić information content (AvgIpc) is 3.48. The number of aromatic nitrogens is 6. The molecule has 29 heavy (non-hydrogen) atoms. The van der Waals surface area contributed by atoms with Gasteiger partial charge in [0.15, 0.2) is 0 Å². The summed E-state index contributed by atoms with van der Waals surface area (Å²) in [6.07, 6.45) is 5.66. The first kappa shape index (κ1) is 16.1. The van der Waals surface area contributed by atoms with E-state index in [0.29, 0.717) is 0 Å². The summed E-state index contributed by atoms with van der Waals surface area (Å²) < 4.78 is 0. The molecule has 0 aliphatic carbocycles. The Labute approximate surface area is 166 Å². The Morgan fingerprint density at radius 2 is 1.21 bits per heavy atom. The highest BCUT2D eigenvalue weighted by molar-refractivity contribution is 6.25. The van der Waals surface area contributed by atoms with Crippen molar-refractivity contribution >= 4 is 32.4 Å². The number of fused-ring (bicyclic) bond motifs is 6. The van der Waals surface area contributed by atoms with Gasteiger partial charge in [-0.1, -0.05) is 24.3 Å². The second kappa shape index (κ2) is 5.78. The molecule has 0 spiro atoms. The highest BCUT2D eigenvalue weighted by Crippen LogP contribution is 2.37. The van der Waals surface area contributed by atoms with Crippen LogP contribution in [-0.2, 0) is 0 Å². The molecule has 0 aliphatic rings. The van der Waals surface area contributed by atoms with Gasteiger partial charge < -0.3 is 9.97 Å². The third-order valence-corrected chi connectivity index (χ3v) is 5.56. The van der Waals surface area contributed by atoms with E-state index in [1.165, 1.54) is 16.2 Å². The molecular formula is C23H18N6. The van der Waals surface area contributed by atoms with E-state index in [2.05, 4.69) is 66.5 Å². The predicted molar refractivity (Wildman–Crippen MR) is 116 cm³/mol. The molecule has 3 heterocycles. The summed E-state index contributed by atoms with van der Waals surface area (Å²) in [5, 5.41) is 13.4. The third kappa shape index (κ3) is 2.39. The van der Waals surface area contributed by atoms with Crippen LogP contribution in [0.4, 0.5) is 0 Å². The van der Waals surface area contributed by atoms with Crippen LogP contribution in [-0.4, -0.2) is 30.1 Å². The number of hydrogen-bond acceptors (Lipinski definition) is 3. The first-order chi connectivity index (χ1) is 14.2. The Bertz CT molecular complexity index is 1420. The number of H-pyrrole nitrogens is 3. The summed E-state index contributed by atoms with van der Waals surface area (Å²) in [5.74, 6) is 1.82. The van der Waals surface area contributed by atoms with Crippen LogP contribution in [0, 0.1) is 13.8 Å². The Morgan fingerprint density at radius 3 is 1.79 bits per heavy atom. The fourth-order valence-electron chi connectivity index (χ4n) is 4.15. The maximum absolute atomic E-state index is 4.35. The fourth-order valence-corrected chi connectivity index (χ4v) is 4.15. The summed E-state index contributed by atoms with van der Waals surface area (Å²) in [6.45, 7) is 3.93. The van der Waals surface area contributed by atoms with Crippen LogP contribution in [0.2, 0.25) is 0 Å². The van der Waals surface area contributed by atoms with Gasteiger partial charge in [-0.05, 0) is 42.1 Å². The summed E-state index contributed by atoms with van der Waals surface area (Å²) in [4.78, 5) is 15.3. The second-order valence-corrected chi connectivity index (χ2v) is 7.44. The average molecular weight is 378 g/mol. The molecule has 6 heteroatoms. The Morgan fingerprint density at radius 1 is 0.621 bits per heavy atom. The summed E-state index contributed by atoms with van der Waals surface area (Å²) in [5.41, 5.74) is 5.30. The Hall–Kier alpha value is -3.93. The minimum atomic E-state index is 0.909. The lowest BCUT2D eigenvalue weighted by atomic mass is 9.94. The van der Waals surface area contributed by atoms with Crippen LogP contribution in [0.1, 0.15) is 11.6 Å². The van der Waals surface area contributed by atoms with Gasteiger partial charge in [0.2, 0.25) is 0 Å². The predicted octanol–water partition coefficient (Wildman–Crippen LogP) is 5.27. The maximum Gasteiger partial charge on any atom is 0.103 e. The molecule has 6 rings (SSSR count). The van der Waals surface area contributed by atoms with Gasteiger partial charge in [-0.15, -0.1) is 0 Å². The van der Waals surface area contributed by atoms with Gasteiger partial charge in [0.25, 0.3) is 0 Å². The molecule has 0 fully saturated rings. The standard InChI is InChI=1S/C23H18N6/c1-12-24-10-21(27-12)14-3-5-16-17-6-4-15(22-11-25-13(2)28-22)8-19(17)23-20(9-26-29-23)18(16)7-14/h3-11H,1-2H3,(H,24,27)(H,25,28)(H,26,29). The van der Waals surface area contributed by atoms with Crippen LogP contribution in [0.5, 0.6) is 0 Å². The molecule has 3 N–H and O–H groups in total. The molecule has 0 bridgehead atoms. The number of aryl methyl sites for hydroxylation is 2. The van der Waals surface area contributed by atoms with Crippen molar-refractivity contribution in [3.63, 3.8) is 0 Å². The van der Waals surface area contributed by atoms with Crippen LogP contribution in [0.15, 0.2) is 55.0 Å².